The van der Waals surface area contributed by atoms with Crippen LogP contribution in [-0.4, -0.2) is 60.3 Å². The molecule has 0 amide bonds. The molecule has 0 N–H and O–H groups in total. The lowest BCUT2D eigenvalue weighted by Gasteiger charge is -2.36. The number of para-hydroxylation sites is 1. The number of furan rings is 1. The highest BCUT2D eigenvalue weighted by Crippen LogP contribution is 2.32. The predicted octanol–water partition coefficient (Wildman–Crippen LogP) is 2.68. The third-order valence-electron chi connectivity index (χ3n) is 5.30. The van der Waals surface area contributed by atoms with E-state index in [2.05, 4.69) is 25.8 Å². The molecule has 4 heterocycles. The first-order valence-corrected chi connectivity index (χ1v) is 9.09. The van der Waals surface area contributed by atoms with Crippen LogP contribution < -0.4 is 4.90 Å². The number of nitrogens with zero attached hydrogens (tertiary/aromatic N) is 4. The van der Waals surface area contributed by atoms with Gasteiger partial charge in [0, 0.05) is 44.7 Å². The van der Waals surface area contributed by atoms with E-state index in [0.717, 1.165) is 67.2 Å². The summed E-state index contributed by atoms with van der Waals surface area (Å²) in [6.45, 7) is 5.95. The Morgan fingerprint density at radius 1 is 1.08 bits per heavy atom. The molecular formula is C19H22N4O2. The summed E-state index contributed by atoms with van der Waals surface area (Å²) in [5, 5.41) is 1.05. The molecule has 0 radical (unpaired) electrons. The Morgan fingerprint density at radius 3 is 2.80 bits per heavy atom. The van der Waals surface area contributed by atoms with Crippen LogP contribution in [0.1, 0.15) is 12.8 Å². The zero-order valence-corrected chi connectivity index (χ0v) is 14.2. The number of aromatic nitrogens is 2. The highest BCUT2D eigenvalue weighted by molar-refractivity contribution is 6.05. The molecule has 2 aliphatic heterocycles. The van der Waals surface area contributed by atoms with Crippen molar-refractivity contribution in [2.75, 3.05) is 44.2 Å². The molecule has 2 aromatic heterocycles. The zero-order chi connectivity index (χ0) is 16.6. The Bertz CT molecular complexity index is 879. The summed E-state index contributed by atoms with van der Waals surface area (Å²) < 4.78 is 11.8. The van der Waals surface area contributed by atoms with Crippen LogP contribution in [0.4, 0.5) is 5.82 Å². The molecule has 6 nitrogen and oxygen atoms in total. The van der Waals surface area contributed by atoms with E-state index in [4.69, 9.17) is 9.15 Å². The van der Waals surface area contributed by atoms with Gasteiger partial charge < -0.3 is 14.1 Å². The number of anilines is 1. The van der Waals surface area contributed by atoms with E-state index >= 15 is 0 Å². The quantitative estimate of drug-likeness (QED) is 0.732. The van der Waals surface area contributed by atoms with E-state index in [9.17, 15) is 0 Å². The van der Waals surface area contributed by atoms with Crippen molar-refractivity contribution in [2.45, 2.75) is 18.9 Å². The molecule has 1 aromatic carbocycles. The predicted molar refractivity (Wildman–Crippen MR) is 96.9 cm³/mol. The Kier molecular flexibility index (Phi) is 3.79. The summed E-state index contributed by atoms with van der Waals surface area (Å²) in [4.78, 5) is 13.8. The maximum Gasteiger partial charge on any atom is 0.196 e. The van der Waals surface area contributed by atoms with E-state index in [0.29, 0.717) is 6.10 Å². The molecule has 3 aromatic rings. The highest BCUT2D eigenvalue weighted by Gasteiger charge is 2.25. The highest BCUT2D eigenvalue weighted by atomic mass is 16.5. The normalized spacial score (nSPS) is 22.2. The second-order valence-corrected chi connectivity index (χ2v) is 6.90. The molecule has 0 aliphatic carbocycles. The van der Waals surface area contributed by atoms with Crippen LogP contribution >= 0.6 is 0 Å². The number of hydrogen-bond acceptors (Lipinski definition) is 6. The van der Waals surface area contributed by atoms with Gasteiger partial charge in [0.05, 0.1) is 6.10 Å². The molecule has 0 saturated carbocycles. The van der Waals surface area contributed by atoms with Gasteiger partial charge in [0.1, 0.15) is 17.4 Å². The largest absolute Gasteiger partial charge is 0.450 e. The third kappa shape index (κ3) is 2.75. The molecule has 6 heteroatoms. The number of piperazine rings is 1. The summed E-state index contributed by atoms with van der Waals surface area (Å²) in [6.07, 6.45) is 4.48. The van der Waals surface area contributed by atoms with Crippen LogP contribution in [0.2, 0.25) is 0 Å². The van der Waals surface area contributed by atoms with Gasteiger partial charge >= 0.3 is 0 Å². The monoisotopic (exact) mass is 338 g/mol. The molecule has 0 spiro atoms. The molecule has 1 atom stereocenters. The first-order valence-electron chi connectivity index (χ1n) is 9.09. The van der Waals surface area contributed by atoms with Crippen LogP contribution in [-0.2, 0) is 4.74 Å². The number of hydrogen-bond donors (Lipinski definition) is 0. The topological polar surface area (TPSA) is 54.6 Å². The van der Waals surface area contributed by atoms with Crippen molar-refractivity contribution in [3.63, 3.8) is 0 Å². The lowest BCUT2D eigenvalue weighted by molar-refractivity contribution is 0.0712. The van der Waals surface area contributed by atoms with Crippen LogP contribution in [0.5, 0.6) is 0 Å². The van der Waals surface area contributed by atoms with Crippen LogP contribution in [0, 0.1) is 0 Å². The number of benzene rings is 1. The van der Waals surface area contributed by atoms with Gasteiger partial charge in [-0.2, -0.15) is 0 Å². The van der Waals surface area contributed by atoms with Gasteiger partial charge in [-0.1, -0.05) is 12.1 Å². The lowest BCUT2D eigenvalue weighted by Crippen LogP contribution is -2.48. The van der Waals surface area contributed by atoms with Crippen molar-refractivity contribution in [3.8, 4) is 0 Å². The summed E-state index contributed by atoms with van der Waals surface area (Å²) >= 11 is 0. The molecule has 2 saturated heterocycles. The zero-order valence-electron chi connectivity index (χ0n) is 14.2. The van der Waals surface area contributed by atoms with E-state index in [1.54, 1.807) is 6.33 Å². The Hall–Kier alpha value is -2.18. The fourth-order valence-electron chi connectivity index (χ4n) is 3.96. The minimum Gasteiger partial charge on any atom is -0.450 e. The van der Waals surface area contributed by atoms with Crippen LogP contribution in [0.25, 0.3) is 22.1 Å². The van der Waals surface area contributed by atoms with Crippen molar-refractivity contribution in [1.29, 1.82) is 0 Å². The van der Waals surface area contributed by atoms with Crippen LogP contribution in [0.3, 0.4) is 0 Å². The van der Waals surface area contributed by atoms with Gasteiger partial charge in [0.25, 0.3) is 0 Å². The van der Waals surface area contributed by atoms with E-state index < -0.39 is 0 Å². The first-order chi connectivity index (χ1) is 12.4. The van der Waals surface area contributed by atoms with Crippen LogP contribution in [0.15, 0.2) is 35.0 Å². The summed E-state index contributed by atoms with van der Waals surface area (Å²) in [5.41, 5.74) is 2.58. The Morgan fingerprint density at radius 2 is 1.96 bits per heavy atom. The number of fused-ring (bicyclic) bond motifs is 3. The average molecular weight is 338 g/mol. The minimum absolute atomic E-state index is 0.424. The fraction of sp³-hybridized carbons (Fsp3) is 0.474. The molecule has 0 bridgehead atoms. The van der Waals surface area contributed by atoms with Gasteiger partial charge in [-0.05, 0) is 25.0 Å². The Labute approximate surface area is 146 Å². The Balaban J connectivity index is 1.37. The molecule has 130 valence electrons. The number of rotatable bonds is 3. The second-order valence-electron chi connectivity index (χ2n) is 6.90. The number of ether oxygens (including phenoxy) is 1. The van der Waals surface area contributed by atoms with Crippen molar-refractivity contribution in [3.05, 3.63) is 30.6 Å². The maximum atomic E-state index is 6.07. The van der Waals surface area contributed by atoms with E-state index in [-0.39, 0.29) is 0 Å². The maximum absolute atomic E-state index is 6.07. The smallest absolute Gasteiger partial charge is 0.196 e. The van der Waals surface area contributed by atoms with E-state index in [1.807, 2.05) is 18.2 Å². The van der Waals surface area contributed by atoms with Crippen molar-refractivity contribution >= 4 is 27.9 Å². The lowest BCUT2D eigenvalue weighted by atomic mass is 10.2. The van der Waals surface area contributed by atoms with Crippen molar-refractivity contribution in [1.82, 2.24) is 14.9 Å². The molecule has 2 fully saturated rings. The van der Waals surface area contributed by atoms with Gasteiger partial charge in [0.2, 0.25) is 0 Å². The second kappa shape index (κ2) is 6.28. The van der Waals surface area contributed by atoms with Crippen molar-refractivity contribution < 1.29 is 9.15 Å². The fourth-order valence-corrected chi connectivity index (χ4v) is 3.96. The molecular weight excluding hydrogens is 316 g/mol. The van der Waals surface area contributed by atoms with Gasteiger partial charge in [-0.3, -0.25) is 4.90 Å². The first kappa shape index (κ1) is 15.1. The van der Waals surface area contributed by atoms with Gasteiger partial charge in [-0.15, -0.1) is 0 Å². The van der Waals surface area contributed by atoms with E-state index in [1.165, 1.54) is 12.8 Å². The molecule has 1 unspecified atom stereocenters. The summed E-state index contributed by atoms with van der Waals surface area (Å²) in [6, 6.07) is 8.04. The summed E-state index contributed by atoms with van der Waals surface area (Å²) in [5.74, 6) is 0.915. The molecule has 2 aliphatic rings. The van der Waals surface area contributed by atoms with Crippen molar-refractivity contribution in [2.24, 2.45) is 0 Å². The molecule has 5 rings (SSSR count). The average Bonchev–Trinajstić information content (AvgIpc) is 3.29. The SMILES string of the molecule is c1ccc2c(c1)oc1c(N3CCN(CC4CCCO4)CC3)ncnc12. The third-order valence-corrected chi connectivity index (χ3v) is 5.30. The summed E-state index contributed by atoms with van der Waals surface area (Å²) in [7, 11) is 0. The van der Waals surface area contributed by atoms with Gasteiger partial charge in [0.15, 0.2) is 11.4 Å². The standard InChI is InChI=1S/C19H22N4O2/c1-2-6-16-15(5-1)17-18(25-16)19(21-13-20-17)23-9-7-22(8-10-23)12-14-4-3-11-24-14/h1-2,5-6,13-14H,3-4,7-12H2. The van der Waals surface area contributed by atoms with Gasteiger partial charge in [-0.25, -0.2) is 9.97 Å². The molecule has 25 heavy (non-hydrogen) atoms. The minimum atomic E-state index is 0.424.